The molecule has 0 bridgehead atoms. The van der Waals surface area contributed by atoms with E-state index in [0.29, 0.717) is 0 Å². The van der Waals surface area contributed by atoms with Gasteiger partial charge in [-0.3, -0.25) is 4.79 Å². The van der Waals surface area contributed by atoms with Crippen molar-refractivity contribution in [3.63, 3.8) is 0 Å². The molecule has 15 heavy (non-hydrogen) atoms. The van der Waals surface area contributed by atoms with Crippen molar-refractivity contribution < 1.29 is 4.79 Å². The quantitative estimate of drug-likeness (QED) is 0.701. The lowest BCUT2D eigenvalue weighted by atomic mass is 10.1. The molecule has 1 aliphatic rings. The van der Waals surface area contributed by atoms with Gasteiger partial charge in [-0.1, -0.05) is 12.8 Å². The van der Waals surface area contributed by atoms with E-state index in [0.717, 1.165) is 26.1 Å². The first-order valence-corrected chi connectivity index (χ1v) is 5.88. The van der Waals surface area contributed by atoms with Gasteiger partial charge >= 0.3 is 0 Å². The maximum atomic E-state index is 12.0. The van der Waals surface area contributed by atoms with Crippen LogP contribution in [-0.4, -0.2) is 50.6 Å². The average molecular weight is 213 g/mol. The van der Waals surface area contributed by atoms with Crippen molar-refractivity contribution in [2.75, 3.05) is 33.7 Å². The van der Waals surface area contributed by atoms with Gasteiger partial charge in [-0.25, -0.2) is 0 Å². The molecule has 1 fully saturated rings. The summed E-state index contributed by atoms with van der Waals surface area (Å²) in [6.07, 6.45) is 4.60. The number of carbonyl (C=O) groups excluding carboxylic acids is 1. The SMILES string of the molecule is CNCCN(C)C(=O)C1CCCCCN1. The van der Waals surface area contributed by atoms with Gasteiger partial charge in [-0.05, 0) is 26.4 Å². The highest BCUT2D eigenvalue weighted by Crippen LogP contribution is 2.09. The second-order valence-corrected chi connectivity index (χ2v) is 4.22. The minimum Gasteiger partial charge on any atom is -0.343 e. The largest absolute Gasteiger partial charge is 0.343 e. The Morgan fingerprint density at radius 3 is 3.00 bits per heavy atom. The number of nitrogens with zero attached hydrogens (tertiary/aromatic N) is 1. The van der Waals surface area contributed by atoms with Crippen LogP contribution >= 0.6 is 0 Å². The summed E-state index contributed by atoms with van der Waals surface area (Å²) in [6.45, 7) is 2.62. The van der Waals surface area contributed by atoms with Crippen LogP contribution in [0, 0.1) is 0 Å². The number of hydrogen-bond acceptors (Lipinski definition) is 3. The Balaban J connectivity index is 2.35. The zero-order valence-electron chi connectivity index (χ0n) is 9.88. The second kappa shape index (κ2) is 6.80. The van der Waals surface area contributed by atoms with E-state index in [1.54, 1.807) is 0 Å². The monoisotopic (exact) mass is 213 g/mol. The minimum atomic E-state index is 0.0503. The summed E-state index contributed by atoms with van der Waals surface area (Å²) in [6, 6.07) is 0.0503. The Hall–Kier alpha value is -0.610. The molecule has 1 heterocycles. The standard InChI is InChI=1S/C11H23N3O/c1-12-8-9-14(2)11(15)10-6-4-3-5-7-13-10/h10,12-13H,3-9H2,1-2H3. The van der Waals surface area contributed by atoms with Gasteiger partial charge in [-0.15, -0.1) is 0 Å². The molecule has 0 radical (unpaired) electrons. The molecule has 1 rings (SSSR count). The summed E-state index contributed by atoms with van der Waals surface area (Å²) in [5.74, 6) is 0.243. The van der Waals surface area contributed by atoms with Crippen LogP contribution in [0.2, 0.25) is 0 Å². The molecule has 88 valence electrons. The fraction of sp³-hybridized carbons (Fsp3) is 0.909. The maximum Gasteiger partial charge on any atom is 0.239 e. The van der Waals surface area contributed by atoms with Crippen LogP contribution < -0.4 is 10.6 Å². The smallest absolute Gasteiger partial charge is 0.239 e. The maximum absolute atomic E-state index is 12.0. The molecule has 0 saturated carbocycles. The molecule has 1 amide bonds. The Morgan fingerprint density at radius 2 is 2.27 bits per heavy atom. The number of nitrogens with one attached hydrogen (secondary N) is 2. The number of hydrogen-bond donors (Lipinski definition) is 2. The molecule has 1 atom stereocenters. The van der Waals surface area contributed by atoms with Gasteiger partial charge in [0.05, 0.1) is 6.04 Å². The minimum absolute atomic E-state index is 0.0503. The zero-order valence-corrected chi connectivity index (χ0v) is 9.88. The Morgan fingerprint density at radius 1 is 1.47 bits per heavy atom. The first kappa shape index (κ1) is 12.5. The summed E-state index contributed by atoms with van der Waals surface area (Å²) in [7, 11) is 3.79. The van der Waals surface area contributed by atoms with Crippen LogP contribution in [0.5, 0.6) is 0 Å². The molecule has 0 aliphatic carbocycles. The summed E-state index contributed by atoms with van der Waals surface area (Å²) in [5.41, 5.74) is 0. The van der Waals surface area contributed by atoms with E-state index in [4.69, 9.17) is 0 Å². The van der Waals surface area contributed by atoms with E-state index in [2.05, 4.69) is 10.6 Å². The van der Waals surface area contributed by atoms with Crippen LogP contribution in [0.4, 0.5) is 0 Å². The Labute approximate surface area is 92.4 Å². The molecule has 0 spiro atoms. The van der Waals surface area contributed by atoms with Crippen LogP contribution in [0.1, 0.15) is 25.7 Å². The van der Waals surface area contributed by atoms with Crippen molar-refractivity contribution in [1.29, 1.82) is 0 Å². The Bertz CT molecular complexity index is 188. The number of likely N-dealkylation sites (N-methyl/N-ethyl adjacent to an activating group) is 2. The van der Waals surface area contributed by atoms with Crippen LogP contribution in [0.15, 0.2) is 0 Å². The predicted octanol–water partition coefficient (Wildman–Crippen LogP) is 0.196. The first-order chi connectivity index (χ1) is 7.25. The van der Waals surface area contributed by atoms with Crippen molar-refractivity contribution in [1.82, 2.24) is 15.5 Å². The third-order valence-corrected chi connectivity index (χ3v) is 2.93. The predicted molar refractivity (Wildman–Crippen MR) is 61.8 cm³/mol. The van der Waals surface area contributed by atoms with Gasteiger partial charge in [-0.2, -0.15) is 0 Å². The van der Waals surface area contributed by atoms with E-state index < -0.39 is 0 Å². The van der Waals surface area contributed by atoms with E-state index in [9.17, 15) is 4.79 Å². The molecule has 0 aromatic heterocycles. The summed E-state index contributed by atoms with van der Waals surface area (Å²) in [4.78, 5) is 13.8. The number of amides is 1. The van der Waals surface area contributed by atoms with Crippen molar-refractivity contribution in [2.45, 2.75) is 31.7 Å². The third-order valence-electron chi connectivity index (χ3n) is 2.93. The zero-order chi connectivity index (χ0) is 11.1. The van der Waals surface area contributed by atoms with E-state index in [1.165, 1.54) is 19.3 Å². The molecule has 4 heteroatoms. The van der Waals surface area contributed by atoms with Gasteiger partial charge in [0, 0.05) is 20.1 Å². The lowest BCUT2D eigenvalue weighted by Gasteiger charge is -2.23. The molecule has 1 aliphatic heterocycles. The van der Waals surface area contributed by atoms with E-state index in [-0.39, 0.29) is 11.9 Å². The first-order valence-electron chi connectivity index (χ1n) is 5.88. The van der Waals surface area contributed by atoms with Crippen LogP contribution in [-0.2, 0) is 4.79 Å². The molecule has 4 nitrogen and oxygen atoms in total. The highest BCUT2D eigenvalue weighted by molar-refractivity contribution is 5.81. The topological polar surface area (TPSA) is 44.4 Å². The summed E-state index contributed by atoms with van der Waals surface area (Å²) < 4.78 is 0. The van der Waals surface area contributed by atoms with Crippen LogP contribution in [0.3, 0.4) is 0 Å². The Kier molecular flexibility index (Phi) is 5.65. The molecule has 1 unspecified atom stereocenters. The highest BCUT2D eigenvalue weighted by atomic mass is 16.2. The molecule has 1 saturated heterocycles. The fourth-order valence-electron chi connectivity index (χ4n) is 1.90. The number of carbonyl (C=O) groups is 1. The van der Waals surface area contributed by atoms with Gasteiger partial charge in [0.15, 0.2) is 0 Å². The lowest BCUT2D eigenvalue weighted by molar-refractivity contribution is -0.132. The van der Waals surface area contributed by atoms with Gasteiger partial charge in [0.2, 0.25) is 5.91 Å². The van der Waals surface area contributed by atoms with Gasteiger partial charge in [0.1, 0.15) is 0 Å². The van der Waals surface area contributed by atoms with Crippen molar-refractivity contribution in [3.05, 3.63) is 0 Å². The third kappa shape index (κ3) is 4.18. The molecular formula is C11H23N3O. The normalized spacial score (nSPS) is 22.1. The average Bonchev–Trinajstić information content (AvgIpc) is 2.53. The molecule has 0 aromatic rings. The van der Waals surface area contributed by atoms with Gasteiger partial charge < -0.3 is 15.5 Å². The number of rotatable bonds is 4. The fourth-order valence-corrected chi connectivity index (χ4v) is 1.90. The van der Waals surface area contributed by atoms with Crippen molar-refractivity contribution in [2.24, 2.45) is 0 Å². The van der Waals surface area contributed by atoms with Crippen molar-refractivity contribution in [3.8, 4) is 0 Å². The van der Waals surface area contributed by atoms with Crippen molar-refractivity contribution >= 4 is 5.91 Å². The van der Waals surface area contributed by atoms with Crippen LogP contribution in [0.25, 0.3) is 0 Å². The van der Waals surface area contributed by atoms with Gasteiger partial charge in [0.25, 0.3) is 0 Å². The summed E-state index contributed by atoms with van der Waals surface area (Å²) in [5, 5.41) is 6.38. The molecule has 0 aromatic carbocycles. The molecular weight excluding hydrogens is 190 g/mol. The lowest BCUT2D eigenvalue weighted by Crippen LogP contribution is -2.46. The van der Waals surface area contributed by atoms with E-state index >= 15 is 0 Å². The highest BCUT2D eigenvalue weighted by Gasteiger charge is 2.21. The second-order valence-electron chi connectivity index (χ2n) is 4.22. The molecule has 2 N–H and O–H groups in total. The van der Waals surface area contributed by atoms with E-state index in [1.807, 2.05) is 19.0 Å². The summed E-state index contributed by atoms with van der Waals surface area (Å²) >= 11 is 0.